The maximum Gasteiger partial charge on any atom is 0.338 e. The summed E-state index contributed by atoms with van der Waals surface area (Å²) < 4.78 is 6.23. The number of rotatable bonds is 5. The van der Waals surface area contributed by atoms with Crippen LogP contribution < -0.4 is 5.32 Å². The topological polar surface area (TPSA) is 116 Å². The van der Waals surface area contributed by atoms with E-state index in [9.17, 15) is 19.7 Å². The summed E-state index contributed by atoms with van der Waals surface area (Å²) in [5.41, 5.74) is 3.13. The zero-order valence-electron chi connectivity index (χ0n) is 16.0. The molecule has 0 atom stereocenters. The molecule has 0 fully saturated rings. The van der Waals surface area contributed by atoms with E-state index >= 15 is 0 Å². The average molecular weight is 394 g/mol. The number of aromatic nitrogens is 2. The maximum atomic E-state index is 12.6. The number of anilines is 1. The summed E-state index contributed by atoms with van der Waals surface area (Å²) in [7, 11) is 1.30. The molecule has 3 aromatic rings. The number of nitro benzene ring substituents is 1. The lowest BCUT2D eigenvalue weighted by Crippen LogP contribution is -2.15. The SMILES string of the molecule is COC(=O)c1cc(NC(=O)c2ccn(-c3ccc([N+](=O)[O-])cc3)n2)cc(C)c1C. The summed E-state index contributed by atoms with van der Waals surface area (Å²) in [4.78, 5) is 34.7. The number of carbonyl (C=O) groups excluding carboxylic acids is 2. The molecular weight excluding hydrogens is 376 g/mol. The summed E-state index contributed by atoms with van der Waals surface area (Å²) in [6.07, 6.45) is 1.58. The highest BCUT2D eigenvalue weighted by molar-refractivity contribution is 6.03. The summed E-state index contributed by atoms with van der Waals surface area (Å²) in [5, 5.41) is 17.7. The number of nitrogens with one attached hydrogen (secondary N) is 1. The van der Waals surface area contributed by atoms with Crippen molar-refractivity contribution in [1.82, 2.24) is 9.78 Å². The summed E-state index contributed by atoms with van der Waals surface area (Å²) in [5.74, 6) is -0.936. The minimum absolute atomic E-state index is 0.0324. The highest BCUT2D eigenvalue weighted by Crippen LogP contribution is 2.21. The molecule has 148 valence electrons. The van der Waals surface area contributed by atoms with E-state index in [1.807, 2.05) is 6.92 Å². The first-order valence-electron chi connectivity index (χ1n) is 8.61. The number of hydrogen-bond donors (Lipinski definition) is 1. The van der Waals surface area contributed by atoms with Crippen LogP contribution in [0.1, 0.15) is 32.0 Å². The van der Waals surface area contributed by atoms with Gasteiger partial charge < -0.3 is 10.1 Å². The number of hydrogen-bond acceptors (Lipinski definition) is 6. The Balaban J connectivity index is 1.81. The molecule has 0 aliphatic heterocycles. The molecular formula is C20H18N4O5. The molecule has 0 aliphatic carbocycles. The van der Waals surface area contributed by atoms with Crippen molar-refractivity contribution in [2.24, 2.45) is 0 Å². The Morgan fingerprint density at radius 2 is 1.83 bits per heavy atom. The molecule has 29 heavy (non-hydrogen) atoms. The molecule has 0 unspecified atom stereocenters. The second kappa shape index (κ2) is 7.93. The van der Waals surface area contributed by atoms with Gasteiger partial charge in [0.05, 0.1) is 23.3 Å². The van der Waals surface area contributed by atoms with E-state index in [4.69, 9.17) is 4.74 Å². The summed E-state index contributed by atoms with van der Waals surface area (Å²) in [6, 6.07) is 10.6. The highest BCUT2D eigenvalue weighted by atomic mass is 16.6. The normalized spacial score (nSPS) is 10.4. The number of benzene rings is 2. The van der Waals surface area contributed by atoms with E-state index < -0.39 is 16.8 Å². The van der Waals surface area contributed by atoms with Crippen molar-refractivity contribution in [2.75, 3.05) is 12.4 Å². The number of ether oxygens (including phenoxy) is 1. The van der Waals surface area contributed by atoms with Gasteiger partial charge in [0.15, 0.2) is 5.69 Å². The minimum atomic E-state index is -0.488. The lowest BCUT2D eigenvalue weighted by Gasteiger charge is -2.11. The van der Waals surface area contributed by atoms with Gasteiger partial charge in [-0.15, -0.1) is 0 Å². The second-order valence-corrected chi connectivity index (χ2v) is 6.33. The van der Waals surface area contributed by atoms with E-state index in [0.717, 1.165) is 11.1 Å². The third-order valence-corrected chi connectivity index (χ3v) is 4.48. The third-order valence-electron chi connectivity index (χ3n) is 4.48. The van der Waals surface area contributed by atoms with Crippen LogP contribution in [-0.4, -0.2) is 33.7 Å². The van der Waals surface area contributed by atoms with Crippen molar-refractivity contribution in [1.29, 1.82) is 0 Å². The number of methoxy groups -OCH3 is 1. The van der Waals surface area contributed by atoms with E-state index in [1.54, 1.807) is 37.4 Å². The van der Waals surface area contributed by atoms with Crippen molar-refractivity contribution in [3.8, 4) is 5.69 Å². The monoisotopic (exact) mass is 394 g/mol. The van der Waals surface area contributed by atoms with Crippen LogP contribution >= 0.6 is 0 Å². The van der Waals surface area contributed by atoms with Crippen molar-refractivity contribution in [3.05, 3.63) is 81.2 Å². The van der Waals surface area contributed by atoms with Gasteiger partial charge in [-0.05, 0) is 55.3 Å². The fourth-order valence-corrected chi connectivity index (χ4v) is 2.76. The van der Waals surface area contributed by atoms with Gasteiger partial charge in [0.2, 0.25) is 0 Å². The molecule has 0 spiro atoms. The fourth-order valence-electron chi connectivity index (χ4n) is 2.76. The van der Waals surface area contributed by atoms with Crippen molar-refractivity contribution >= 4 is 23.3 Å². The predicted molar refractivity (Wildman–Crippen MR) is 105 cm³/mol. The van der Waals surface area contributed by atoms with E-state index in [1.165, 1.54) is 30.0 Å². The predicted octanol–water partition coefficient (Wildman–Crippen LogP) is 3.44. The van der Waals surface area contributed by atoms with Crippen LogP contribution in [-0.2, 0) is 4.74 Å². The number of nitrogens with zero attached hydrogens (tertiary/aromatic N) is 3. The molecule has 1 amide bonds. The molecule has 9 nitrogen and oxygen atoms in total. The average Bonchev–Trinajstić information content (AvgIpc) is 3.20. The number of nitro groups is 1. The Hall–Kier alpha value is -4.01. The van der Waals surface area contributed by atoms with Gasteiger partial charge in [-0.3, -0.25) is 14.9 Å². The van der Waals surface area contributed by atoms with Crippen LogP contribution in [0.25, 0.3) is 5.69 Å². The molecule has 0 saturated heterocycles. The van der Waals surface area contributed by atoms with Crippen molar-refractivity contribution in [3.63, 3.8) is 0 Å². The molecule has 2 aromatic carbocycles. The van der Waals surface area contributed by atoms with Crippen LogP contribution in [0.5, 0.6) is 0 Å². The number of non-ortho nitro benzene ring substituents is 1. The Morgan fingerprint density at radius 1 is 1.14 bits per heavy atom. The van der Waals surface area contributed by atoms with E-state index in [2.05, 4.69) is 10.4 Å². The largest absolute Gasteiger partial charge is 0.465 e. The van der Waals surface area contributed by atoms with Gasteiger partial charge in [0.25, 0.3) is 11.6 Å². The Morgan fingerprint density at radius 3 is 2.45 bits per heavy atom. The van der Waals surface area contributed by atoms with Gasteiger partial charge in [-0.1, -0.05) is 0 Å². The standard InChI is InChI=1S/C20H18N4O5/c1-12-10-14(11-17(13(12)2)20(26)29-3)21-19(25)18-8-9-23(22-18)15-4-6-16(7-5-15)24(27)28/h4-11H,1-3H3,(H,21,25). The van der Waals surface area contributed by atoms with Crippen LogP contribution in [0.3, 0.4) is 0 Å². The zero-order valence-corrected chi connectivity index (χ0v) is 16.0. The highest BCUT2D eigenvalue weighted by Gasteiger charge is 2.16. The second-order valence-electron chi connectivity index (χ2n) is 6.33. The van der Waals surface area contributed by atoms with Gasteiger partial charge in [-0.25, -0.2) is 9.48 Å². The summed E-state index contributed by atoms with van der Waals surface area (Å²) >= 11 is 0. The van der Waals surface area contributed by atoms with Crippen LogP contribution in [0, 0.1) is 24.0 Å². The molecule has 0 saturated carbocycles. The quantitative estimate of drug-likeness (QED) is 0.402. The molecule has 1 N–H and O–H groups in total. The first-order chi connectivity index (χ1) is 13.8. The zero-order chi connectivity index (χ0) is 21.1. The Labute approximate surface area is 166 Å². The number of carbonyl (C=O) groups is 2. The molecule has 9 heteroatoms. The molecule has 3 rings (SSSR count). The van der Waals surface area contributed by atoms with Crippen LogP contribution in [0.4, 0.5) is 11.4 Å². The molecule has 0 aliphatic rings. The number of aryl methyl sites for hydroxylation is 1. The smallest absolute Gasteiger partial charge is 0.338 e. The van der Waals surface area contributed by atoms with Gasteiger partial charge >= 0.3 is 5.97 Å². The fraction of sp³-hybridized carbons (Fsp3) is 0.150. The number of esters is 1. The Bertz CT molecular complexity index is 1100. The van der Waals surface area contributed by atoms with Gasteiger partial charge in [-0.2, -0.15) is 5.10 Å². The summed E-state index contributed by atoms with van der Waals surface area (Å²) in [6.45, 7) is 3.64. The first-order valence-corrected chi connectivity index (χ1v) is 8.61. The minimum Gasteiger partial charge on any atom is -0.465 e. The maximum absolute atomic E-state index is 12.6. The van der Waals surface area contributed by atoms with Gasteiger partial charge in [0.1, 0.15) is 0 Å². The van der Waals surface area contributed by atoms with E-state index in [-0.39, 0.29) is 11.4 Å². The first kappa shape index (κ1) is 19.7. The molecule has 0 radical (unpaired) electrons. The van der Waals surface area contributed by atoms with Crippen molar-refractivity contribution in [2.45, 2.75) is 13.8 Å². The van der Waals surface area contributed by atoms with E-state index in [0.29, 0.717) is 16.9 Å². The van der Waals surface area contributed by atoms with Crippen molar-refractivity contribution < 1.29 is 19.2 Å². The molecule has 1 heterocycles. The Kier molecular flexibility index (Phi) is 5.40. The lowest BCUT2D eigenvalue weighted by atomic mass is 10.0. The van der Waals surface area contributed by atoms with Crippen LogP contribution in [0.2, 0.25) is 0 Å². The van der Waals surface area contributed by atoms with Gasteiger partial charge in [0, 0.05) is 24.0 Å². The molecule has 1 aromatic heterocycles. The molecule has 0 bridgehead atoms. The third kappa shape index (κ3) is 4.13. The van der Waals surface area contributed by atoms with Crippen LogP contribution in [0.15, 0.2) is 48.7 Å². The number of amides is 1. The lowest BCUT2D eigenvalue weighted by molar-refractivity contribution is -0.384.